The van der Waals surface area contributed by atoms with Gasteiger partial charge in [0.1, 0.15) is 5.75 Å². The van der Waals surface area contributed by atoms with Crippen LogP contribution in [-0.2, 0) is 9.59 Å². The largest absolute Gasteiger partial charge is 0.481 e. The van der Waals surface area contributed by atoms with E-state index in [1.807, 2.05) is 0 Å². The van der Waals surface area contributed by atoms with E-state index in [4.69, 9.17) is 21.4 Å². The lowest BCUT2D eigenvalue weighted by atomic mass is 10.1. The molecule has 1 atom stereocenters. The third-order valence-electron chi connectivity index (χ3n) is 3.02. The number of ether oxygens (including phenoxy) is 1. The number of amides is 1. The van der Waals surface area contributed by atoms with Crippen LogP contribution in [0.2, 0.25) is 5.02 Å². The van der Waals surface area contributed by atoms with E-state index in [2.05, 4.69) is 0 Å². The van der Waals surface area contributed by atoms with Gasteiger partial charge < -0.3 is 14.7 Å². The molecule has 21 heavy (non-hydrogen) atoms. The third-order valence-corrected chi connectivity index (χ3v) is 3.27. The summed E-state index contributed by atoms with van der Waals surface area (Å²) >= 11 is 5.80. The summed E-state index contributed by atoms with van der Waals surface area (Å²) < 4.78 is 5.68. The van der Waals surface area contributed by atoms with Gasteiger partial charge in [0, 0.05) is 18.6 Å². The highest BCUT2D eigenvalue weighted by Gasteiger charge is 2.33. The summed E-state index contributed by atoms with van der Waals surface area (Å²) in [6.07, 6.45) is 0. The molecule has 6 heteroatoms. The second kappa shape index (κ2) is 6.80. The highest BCUT2D eigenvalue weighted by molar-refractivity contribution is 6.30. The SMILES string of the molecule is CC(CN(C)C(=O)C(C)(C)Oc1ccc(Cl)cc1)C(=O)O. The molecule has 0 saturated carbocycles. The lowest BCUT2D eigenvalue weighted by Gasteiger charge is -2.30. The van der Waals surface area contributed by atoms with Crippen molar-refractivity contribution >= 4 is 23.5 Å². The van der Waals surface area contributed by atoms with Gasteiger partial charge in [0.2, 0.25) is 0 Å². The normalized spacial score (nSPS) is 12.6. The van der Waals surface area contributed by atoms with Crippen LogP contribution in [0.25, 0.3) is 0 Å². The molecule has 0 aromatic heterocycles. The van der Waals surface area contributed by atoms with Crippen LogP contribution in [0.3, 0.4) is 0 Å². The van der Waals surface area contributed by atoms with Crippen LogP contribution in [-0.4, -0.2) is 41.1 Å². The van der Waals surface area contributed by atoms with Crippen LogP contribution in [0, 0.1) is 5.92 Å². The Labute approximate surface area is 129 Å². The van der Waals surface area contributed by atoms with Crippen LogP contribution in [0.5, 0.6) is 5.75 Å². The van der Waals surface area contributed by atoms with Crippen LogP contribution >= 0.6 is 11.6 Å². The summed E-state index contributed by atoms with van der Waals surface area (Å²) in [4.78, 5) is 24.6. The molecular formula is C15H20ClNO4. The number of hydrogen-bond acceptors (Lipinski definition) is 3. The number of hydrogen-bond donors (Lipinski definition) is 1. The Morgan fingerprint density at radius 1 is 1.33 bits per heavy atom. The summed E-state index contributed by atoms with van der Waals surface area (Å²) in [7, 11) is 1.56. The maximum absolute atomic E-state index is 12.4. The van der Waals surface area contributed by atoms with Gasteiger partial charge >= 0.3 is 5.97 Å². The average molecular weight is 314 g/mol. The van der Waals surface area contributed by atoms with Crippen molar-refractivity contribution in [2.75, 3.05) is 13.6 Å². The molecule has 0 aliphatic carbocycles. The second-order valence-electron chi connectivity index (χ2n) is 5.49. The Morgan fingerprint density at radius 2 is 1.86 bits per heavy atom. The average Bonchev–Trinajstić information content (AvgIpc) is 2.40. The summed E-state index contributed by atoms with van der Waals surface area (Å²) in [6, 6.07) is 6.70. The maximum atomic E-state index is 12.4. The molecule has 0 bridgehead atoms. The molecular weight excluding hydrogens is 294 g/mol. The van der Waals surface area contributed by atoms with Gasteiger partial charge in [-0.05, 0) is 38.1 Å². The molecule has 1 aromatic rings. The minimum absolute atomic E-state index is 0.127. The predicted molar refractivity (Wildman–Crippen MR) is 80.6 cm³/mol. The number of benzene rings is 1. The molecule has 0 heterocycles. The number of carboxylic acids is 1. The van der Waals surface area contributed by atoms with E-state index in [1.54, 1.807) is 52.1 Å². The Morgan fingerprint density at radius 3 is 2.33 bits per heavy atom. The quantitative estimate of drug-likeness (QED) is 0.877. The van der Waals surface area contributed by atoms with E-state index in [0.29, 0.717) is 10.8 Å². The van der Waals surface area contributed by atoms with Crippen molar-refractivity contribution in [1.82, 2.24) is 4.90 Å². The fourth-order valence-corrected chi connectivity index (χ4v) is 2.00. The number of nitrogens with zero attached hydrogens (tertiary/aromatic N) is 1. The van der Waals surface area contributed by atoms with Gasteiger partial charge in [-0.3, -0.25) is 9.59 Å². The molecule has 5 nitrogen and oxygen atoms in total. The molecule has 0 aliphatic rings. The molecule has 0 aliphatic heterocycles. The number of carbonyl (C=O) groups is 2. The molecule has 1 aromatic carbocycles. The first-order chi connectivity index (χ1) is 9.63. The fourth-order valence-electron chi connectivity index (χ4n) is 1.87. The molecule has 116 valence electrons. The number of carbonyl (C=O) groups excluding carboxylic acids is 1. The molecule has 0 saturated heterocycles. The van der Waals surface area contributed by atoms with Crippen LogP contribution in [0.15, 0.2) is 24.3 Å². The number of likely N-dealkylation sites (N-methyl/N-ethyl adjacent to an activating group) is 1. The highest BCUT2D eigenvalue weighted by Crippen LogP contribution is 2.22. The fraction of sp³-hybridized carbons (Fsp3) is 0.467. The van der Waals surface area contributed by atoms with E-state index < -0.39 is 17.5 Å². The number of carboxylic acid groups (broad SMARTS) is 1. The zero-order chi connectivity index (χ0) is 16.2. The highest BCUT2D eigenvalue weighted by atomic mass is 35.5. The van der Waals surface area contributed by atoms with E-state index in [1.165, 1.54) is 4.90 Å². The summed E-state index contributed by atoms with van der Waals surface area (Å²) in [6.45, 7) is 4.97. The Balaban J connectivity index is 2.74. The zero-order valence-electron chi connectivity index (χ0n) is 12.6. The Hall–Kier alpha value is -1.75. The van der Waals surface area contributed by atoms with Gasteiger partial charge in [-0.2, -0.15) is 0 Å². The first-order valence-corrected chi connectivity index (χ1v) is 6.94. The van der Waals surface area contributed by atoms with Gasteiger partial charge in [0.25, 0.3) is 5.91 Å². The Kier molecular flexibility index (Phi) is 5.61. The predicted octanol–water partition coefficient (Wildman–Crippen LogP) is 2.68. The van der Waals surface area contributed by atoms with Crippen LogP contribution < -0.4 is 4.74 Å². The molecule has 1 unspecified atom stereocenters. The summed E-state index contributed by atoms with van der Waals surface area (Å²) in [5.41, 5.74) is -1.10. The standard InChI is InChI=1S/C15H20ClNO4/c1-10(13(18)19)9-17(4)14(20)15(2,3)21-12-7-5-11(16)6-8-12/h5-8,10H,9H2,1-4H3,(H,18,19). The molecule has 1 N–H and O–H groups in total. The van der Waals surface area contributed by atoms with Gasteiger partial charge in [0.15, 0.2) is 5.60 Å². The van der Waals surface area contributed by atoms with Gasteiger partial charge in [-0.15, -0.1) is 0 Å². The summed E-state index contributed by atoms with van der Waals surface area (Å²) in [5, 5.41) is 9.48. The topological polar surface area (TPSA) is 66.8 Å². The minimum atomic E-state index is -1.10. The molecule has 1 rings (SSSR count). The van der Waals surface area contributed by atoms with E-state index in [9.17, 15) is 9.59 Å². The Bertz CT molecular complexity index is 513. The number of aliphatic carboxylic acids is 1. The maximum Gasteiger partial charge on any atom is 0.308 e. The smallest absolute Gasteiger partial charge is 0.308 e. The van der Waals surface area contributed by atoms with Crippen molar-refractivity contribution in [1.29, 1.82) is 0 Å². The lowest BCUT2D eigenvalue weighted by Crippen LogP contribution is -2.49. The van der Waals surface area contributed by atoms with Gasteiger partial charge in [-0.25, -0.2) is 0 Å². The van der Waals surface area contributed by atoms with E-state index >= 15 is 0 Å². The third kappa shape index (κ3) is 4.93. The molecule has 0 spiro atoms. The number of rotatable bonds is 6. The van der Waals surface area contributed by atoms with Crippen molar-refractivity contribution in [3.05, 3.63) is 29.3 Å². The van der Waals surface area contributed by atoms with Crippen molar-refractivity contribution in [3.63, 3.8) is 0 Å². The molecule has 1 amide bonds. The van der Waals surface area contributed by atoms with Crippen LogP contribution in [0.4, 0.5) is 0 Å². The van der Waals surface area contributed by atoms with Crippen molar-refractivity contribution in [3.8, 4) is 5.75 Å². The number of halogens is 1. The molecule has 0 fully saturated rings. The zero-order valence-corrected chi connectivity index (χ0v) is 13.3. The monoisotopic (exact) mass is 313 g/mol. The van der Waals surface area contributed by atoms with Gasteiger partial charge in [0.05, 0.1) is 5.92 Å². The first kappa shape index (κ1) is 17.3. The lowest BCUT2D eigenvalue weighted by molar-refractivity contribution is -0.147. The first-order valence-electron chi connectivity index (χ1n) is 6.56. The van der Waals surface area contributed by atoms with Crippen molar-refractivity contribution in [2.45, 2.75) is 26.4 Å². The van der Waals surface area contributed by atoms with Crippen molar-refractivity contribution in [2.24, 2.45) is 5.92 Å². The summed E-state index contributed by atoms with van der Waals surface area (Å²) in [5.74, 6) is -1.33. The minimum Gasteiger partial charge on any atom is -0.481 e. The second-order valence-corrected chi connectivity index (χ2v) is 5.93. The van der Waals surface area contributed by atoms with Gasteiger partial charge in [-0.1, -0.05) is 18.5 Å². The van der Waals surface area contributed by atoms with E-state index in [-0.39, 0.29) is 12.5 Å². The molecule has 0 radical (unpaired) electrons. The van der Waals surface area contributed by atoms with Crippen molar-refractivity contribution < 1.29 is 19.4 Å². The van der Waals surface area contributed by atoms with Crippen LogP contribution in [0.1, 0.15) is 20.8 Å². The van der Waals surface area contributed by atoms with E-state index in [0.717, 1.165) is 0 Å².